The summed E-state index contributed by atoms with van der Waals surface area (Å²) in [6.07, 6.45) is 0. The van der Waals surface area contributed by atoms with Gasteiger partial charge in [-0.3, -0.25) is 14.6 Å². The van der Waals surface area contributed by atoms with Gasteiger partial charge >= 0.3 is 0 Å². The molecular formula is C21H25N5O. The van der Waals surface area contributed by atoms with Crippen molar-refractivity contribution in [3.63, 3.8) is 0 Å². The number of hydrazone groups is 1. The zero-order valence-electron chi connectivity index (χ0n) is 15.9. The second kappa shape index (κ2) is 7.40. The average molecular weight is 363 g/mol. The SMILES string of the molecule is CN(C)/N=C1\C(=O)N(CN2CCN(c3ccccc3)CC2)c2ccccc21. The predicted octanol–water partition coefficient (Wildman–Crippen LogP) is 2.08. The molecule has 4 rings (SSSR count). The summed E-state index contributed by atoms with van der Waals surface area (Å²) in [7, 11) is 3.68. The van der Waals surface area contributed by atoms with E-state index in [1.54, 1.807) is 5.01 Å². The number of anilines is 2. The molecular weight excluding hydrogens is 338 g/mol. The van der Waals surface area contributed by atoms with Gasteiger partial charge in [0.2, 0.25) is 0 Å². The lowest BCUT2D eigenvalue weighted by molar-refractivity contribution is -0.112. The average Bonchev–Trinajstić information content (AvgIpc) is 2.95. The van der Waals surface area contributed by atoms with Gasteiger partial charge in [-0.15, -0.1) is 0 Å². The Morgan fingerprint density at radius 2 is 1.59 bits per heavy atom. The maximum Gasteiger partial charge on any atom is 0.280 e. The van der Waals surface area contributed by atoms with E-state index in [1.807, 2.05) is 49.3 Å². The lowest BCUT2D eigenvalue weighted by Crippen LogP contribution is -2.51. The van der Waals surface area contributed by atoms with Crippen molar-refractivity contribution in [2.75, 3.05) is 56.7 Å². The second-order valence-corrected chi connectivity index (χ2v) is 7.13. The minimum absolute atomic E-state index is 0.0182. The molecule has 0 aromatic heterocycles. The maximum absolute atomic E-state index is 13.0. The van der Waals surface area contributed by atoms with E-state index < -0.39 is 0 Å². The topological polar surface area (TPSA) is 42.4 Å². The van der Waals surface area contributed by atoms with E-state index in [0.29, 0.717) is 12.4 Å². The molecule has 0 unspecified atom stereocenters. The monoisotopic (exact) mass is 363 g/mol. The van der Waals surface area contributed by atoms with Crippen LogP contribution in [-0.2, 0) is 4.79 Å². The van der Waals surface area contributed by atoms with Crippen LogP contribution in [0.25, 0.3) is 0 Å². The summed E-state index contributed by atoms with van der Waals surface area (Å²) < 4.78 is 0. The number of fused-ring (bicyclic) bond motifs is 1. The molecule has 1 amide bonds. The summed E-state index contributed by atoms with van der Waals surface area (Å²) in [5.74, 6) is -0.0182. The van der Waals surface area contributed by atoms with Crippen LogP contribution in [0.4, 0.5) is 11.4 Å². The minimum atomic E-state index is -0.0182. The number of hydrogen-bond acceptors (Lipinski definition) is 5. The quantitative estimate of drug-likeness (QED) is 0.780. The van der Waals surface area contributed by atoms with Crippen LogP contribution in [0, 0.1) is 0 Å². The molecule has 140 valence electrons. The van der Waals surface area contributed by atoms with Crippen molar-refractivity contribution in [1.82, 2.24) is 9.91 Å². The van der Waals surface area contributed by atoms with E-state index in [9.17, 15) is 4.79 Å². The molecule has 6 nitrogen and oxygen atoms in total. The molecule has 1 fully saturated rings. The van der Waals surface area contributed by atoms with Gasteiger partial charge in [-0.05, 0) is 18.2 Å². The van der Waals surface area contributed by atoms with Gasteiger partial charge in [0, 0.05) is 51.5 Å². The van der Waals surface area contributed by atoms with E-state index >= 15 is 0 Å². The van der Waals surface area contributed by atoms with Crippen LogP contribution in [0.2, 0.25) is 0 Å². The summed E-state index contributed by atoms with van der Waals surface area (Å²) in [6, 6.07) is 18.4. The van der Waals surface area contributed by atoms with E-state index in [1.165, 1.54) is 5.69 Å². The van der Waals surface area contributed by atoms with E-state index in [4.69, 9.17) is 0 Å². The van der Waals surface area contributed by atoms with Gasteiger partial charge in [0.1, 0.15) is 0 Å². The third-order valence-electron chi connectivity index (χ3n) is 5.03. The predicted molar refractivity (Wildman–Crippen MR) is 109 cm³/mol. The number of amides is 1. The van der Waals surface area contributed by atoms with Crippen molar-refractivity contribution in [3.05, 3.63) is 60.2 Å². The normalized spacial score (nSPS) is 18.9. The van der Waals surface area contributed by atoms with Crippen LogP contribution in [0.15, 0.2) is 59.7 Å². The summed E-state index contributed by atoms with van der Waals surface area (Å²) in [5.41, 5.74) is 3.66. The molecule has 27 heavy (non-hydrogen) atoms. The number of piperazine rings is 1. The number of nitrogens with zero attached hydrogens (tertiary/aromatic N) is 5. The molecule has 0 radical (unpaired) electrons. The lowest BCUT2D eigenvalue weighted by atomic mass is 10.1. The molecule has 1 saturated heterocycles. The van der Waals surface area contributed by atoms with Gasteiger partial charge in [0.15, 0.2) is 5.71 Å². The third kappa shape index (κ3) is 3.53. The number of para-hydroxylation sites is 2. The highest BCUT2D eigenvalue weighted by molar-refractivity contribution is 6.54. The number of carbonyl (C=O) groups excluding carboxylic acids is 1. The molecule has 0 bridgehead atoms. The Balaban J connectivity index is 1.47. The largest absolute Gasteiger partial charge is 0.369 e. The Morgan fingerprint density at radius 3 is 2.30 bits per heavy atom. The fourth-order valence-electron chi connectivity index (χ4n) is 3.69. The Kier molecular flexibility index (Phi) is 4.81. The van der Waals surface area contributed by atoms with Crippen LogP contribution in [-0.4, -0.2) is 68.5 Å². The highest BCUT2D eigenvalue weighted by Crippen LogP contribution is 2.29. The van der Waals surface area contributed by atoms with Crippen LogP contribution in [0.5, 0.6) is 0 Å². The summed E-state index contributed by atoms with van der Waals surface area (Å²) in [6.45, 7) is 4.39. The first-order valence-corrected chi connectivity index (χ1v) is 9.33. The summed E-state index contributed by atoms with van der Waals surface area (Å²) in [5, 5.41) is 6.11. The number of carbonyl (C=O) groups is 1. The van der Waals surface area contributed by atoms with Gasteiger partial charge in [0.25, 0.3) is 5.91 Å². The van der Waals surface area contributed by atoms with Crippen LogP contribution in [0.3, 0.4) is 0 Å². The Bertz CT molecular complexity index is 841. The Morgan fingerprint density at radius 1 is 0.926 bits per heavy atom. The first kappa shape index (κ1) is 17.5. The van der Waals surface area contributed by atoms with Crippen LogP contribution in [0.1, 0.15) is 5.56 Å². The molecule has 2 aliphatic rings. The first-order chi connectivity index (χ1) is 13.1. The number of rotatable bonds is 4. The van der Waals surface area contributed by atoms with Crippen LogP contribution >= 0.6 is 0 Å². The number of hydrogen-bond donors (Lipinski definition) is 0. The third-order valence-corrected chi connectivity index (χ3v) is 5.03. The molecule has 2 aromatic rings. The minimum Gasteiger partial charge on any atom is -0.369 e. The highest BCUT2D eigenvalue weighted by atomic mass is 16.2. The van der Waals surface area contributed by atoms with E-state index in [-0.39, 0.29) is 5.91 Å². The van der Waals surface area contributed by atoms with Crippen molar-refractivity contribution >= 4 is 23.0 Å². The summed E-state index contributed by atoms with van der Waals surface area (Å²) in [4.78, 5) is 19.6. The van der Waals surface area contributed by atoms with Crippen molar-refractivity contribution in [3.8, 4) is 0 Å². The molecule has 2 aliphatic heterocycles. The van der Waals surface area contributed by atoms with Crippen molar-refractivity contribution < 1.29 is 4.79 Å². The fourth-order valence-corrected chi connectivity index (χ4v) is 3.69. The summed E-state index contributed by atoms with van der Waals surface area (Å²) >= 11 is 0. The molecule has 0 saturated carbocycles. The maximum atomic E-state index is 13.0. The molecule has 2 aromatic carbocycles. The lowest BCUT2D eigenvalue weighted by Gasteiger charge is -2.37. The molecule has 0 atom stereocenters. The molecule has 0 N–H and O–H groups in total. The van der Waals surface area contributed by atoms with E-state index in [2.05, 4.69) is 39.2 Å². The standard InChI is InChI=1S/C21H25N5O/c1-23(2)22-20-18-10-6-7-11-19(18)26(21(20)27)16-24-12-14-25(15-13-24)17-8-4-3-5-9-17/h3-11H,12-16H2,1-2H3/b22-20-. The van der Waals surface area contributed by atoms with Gasteiger partial charge in [-0.2, -0.15) is 5.10 Å². The second-order valence-electron chi connectivity index (χ2n) is 7.13. The van der Waals surface area contributed by atoms with Gasteiger partial charge < -0.3 is 9.91 Å². The zero-order valence-corrected chi connectivity index (χ0v) is 15.9. The van der Waals surface area contributed by atoms with Crippen molar-refractivity contribution in [1.29, 1.82) is 0 Å². The fraction of sp³-hybridized carbons (Fsp3) is 0.333. The van der Waals surface area contributed by atoms with Crippen LogP contribution < -0.4 is 9.80 Å². The van der Waals surface area contributed by atoms with E-state index in [0.717, 1.165) is 37.4 Å². The van der Waals surface area contributed by atoms with Gasteiger partial charge in [-0.1, -0.05) is 36.4 Å². The highest BCUT2D eigenvalue weighted by Gasteiger charge is 2.35. The molecule has 0 aliphatic carbocycles. The Labute approximate surface area is 160 Å². The van der Waals surface area contributed by atoms with Gasteiger partial charge in [0.05, 0.1) is 12.4 Å². The van der Waals surface area contributed by atoms with Crippen molar-refractivity contribution in [2.45, 2.75) is 0 Å². The van der Waals surface area contributed by atoms with Gasteiger partial charge in [-0.25, -0.2) is 0 Å². The molecule has 6 heteroatoms. The molecule has 0 spiro atoms. The smallest absolute Gasteiger partial charge is 0.280 e. The number of benzene rings is 2. The molecule has 2 heterocycles. The first-order valence-electron chi connectivity index (χ1n) is 9.33. The van der Waals surface area contributed by atoms with Crippen molar-refractivity contribution in [2.24, 2.45) is 5.10 Å². The zero-order chi connectivity index (χ0) is 18.8. The Hall–Kier alpha value is -2.86.